The molecule has 0 spiro atoms. The number of carbonyl (C=O) groups is 2. The average molecular weight is 396 g/mol. The van der Waals surface area contributed by atoms with Gasteiger partial charge in [-0.2, -0.15) is 0 Å². The zero-order valence-corrected chi connectivity index (χ0v) is 17.2. The molecular weight excluding hydrogens is 368 g/mol. The molecule has 0 saturated heterocycles. The van der Waals surface area contributed by atoms with Crippen LogP contribution in [0.15, 0.2) is 48.5 Å². The molecule has 0 aliphatic heterocycles. The summed E-state index contributed by atoms with van der Waals surface area (Å²) in [5, 5.41) is 2.93. The molecule has 2 amide bonds. The fourth-order valence-corrected chi connectivity index (χ4v) is 3.44. The number of rotatable bonds is 9. The van der Waals surface area contributed by atoms with Crippen LogP contribution < -0.4 is 14.8 Å². The fourth-order valence-electron chi connectivity index (χ4n) is 3.44. The third kappa shape index (κ3) is 4.53. The number of amides is 2. The Morgan fingerprint density at radius 3 is 2.28 bits per heavy atom. The molecule has 0 radical (unpaired) electrons. The van der Waals surface area contributed by atoms with Gasteiger partial charge in [0.05, 0.1) is 14.2 Å². The first-order chi connectivity index (χ1) is 14.0. The van der Waals surface area contributed by atoms with Gasteiger partial charge in [-0.25, -0.2) is 0 Å². The van der Waals surface area contributed by atoms with Crippen molar-refractivity contribution in [1.29, 1.82) is 0 Å². The van der Waals surface area contributed by atoms with Crippen LogP contribution in [-0.2, 0) is 22.7 Å². The number of methoxy groups -OCH3 is 2. The van der Waals surface area contributed by atoms with E-state index in [-0.39, 0.29) is 11.8 Å². The Morgan fingerprint density at radius 2 is 1.69 bits per heavy atom. The molecule has 1 saturated carbocycles. The fraction of sp³-hybridized carbons (Fsp3) is 0.391. The van der Waals surface area contributed by atoms with Gasteiger partial charge in [0.1, 0.15) is 5.41 Å². The highest BCUT2D eigenvalue weighted by atomic mass is 16.5. The van der Waals surface area contributed by atoms with Crippen LogP contribution in [0.4, 0.5) is 0 Å². The average Bonchev–Trinajstić information content (AvgIpc) is 3.58. The number of carbonyl (C=O) groups excluding carboxylic acids is 2. The lowest BCUT2D eigenvalue weighted by Gasteiger charge is -2.26. The molecule has 1 aliphatic rings. The van der Waals surface area contributed by atoms with E-state index in [1.807, 2.05) is 49.4 Å². The van der Waals surface area contributed by atoms with Gasteiger partial charge >= 0.3 is 0 Å². The summed E-state index contributed by atoms with van der Waals surface area (Å²) in [5.41, 5.74) is 1.02. The van der Waals surface area contributed by atoms with E-state index >= 15 is 0 Å². The third-order valence-electron chi connectivity index (χ3n) is 5.38. The van der Waals surface area contributed by atoms with Gasteiger partial charge in [-0.3, -0.25) is 9.59 Å². The molecule has 0 unspecified atom stereocenters. The van der Waals surface area contributed by atoms with Crippen LogP contribution in [0.3, 0.4) is 0 Å². The molecule has 29 heavy (non-hydrogen) atoms. The molecule has 0 heterocycles. The Morgan fingerprint density at radius 1 is 1.00 bits per heavy atom. The van der Waals surface area contributed by atoms with Gasteiger partial charge in [-0.15, -0.1) is 0 Å². The summed E-state index contributed by atoms with van der Waals surface area (Å²) in [7, 11) is 3.15. The van der Waals surface area contributed by atoms with Crippen molar-refractivity contribution in [3.63, 3.8) is 0 Å². The Bertz CT molecular complexity index is 862. The second-order valence-electron chi connectivity index (χ2n) is 7.26. The second kappa shape index (κ2) is 8.99. The van der Waals surface area contributed by atoms with E-state index in [0.717, 1.165) is 11.1 Å². The van der Waals surface area contributed by atoms with Crippen LogP contribution >= 0.6 is 0 Å². The van der Waals surface area contributed by atoms with E-state index in [9.17, 15) is 9.59 Å². The highest BCUT2D eigenvalue weighted by molar-refractivity contribution is 6.07. The minimum absolute atomic E-state index is 0.0892. The Hall–Kier alpha value is -3.02. The summed E-state index contributed by atoms with van der Waals surface area (Å²) in [6, 6.07) is 15.3. The van der Waals surface area contributed by atoms with Crippen molar-refractivity contribution in [2.24, 2.45) is 5.41 Å². The lowest BCUT2D eigenvalue weighted by atomic mass is 10.0. The molecule has 2 aromatic carbocycles. The predicted molar refractivity (Wildman–Crippen MR) is 111 cm³/mol. The topological polar surface area (TPSA) is 67.9 Å². The van der Waals surface area contributed by atoms with Gasteiger partial charge in [-0.05, 0) is 43.0 Å². The van der Waals surface area contributed by atoms with Crippen molar-refractivity contribution < 1.29 is 19.1 Å². The van der Waals surface area contributed by atoms with E-state index in [0.29, 0.717) is 44.0 Å². The van der Waals surface area contributed by atoms with Gasteiger partial charge in [-0.1, -0.05) is 36.4 Å². The molecule has 0 bridgehead atoms. The first-order valence-electron chi connectivity index (χ1n) is 9.86. The quantitative estimate of drug-likeness (QED) is 0.661. The maximum atomic E-state index is 13.1. The van der Waals surface area contributed by atoms with Crippen LogP contribution in [-0.4, -0.2) is 37.5 Å². The summed E-state index contributed by atoms with van der Waals surface area (Å²) >= 11 is 0. The highest BCUT2D eigenvalue weighted by Crippen LogP contribution is 2.47. The highest BCUT2D eigenvalue weighted by Gasteiger charge is 2.57. The summed E-state index contributed by atoms with van der Waals surface area (Å²) in [5.74, 6) is 0.949. The zero-order chi connectivity index (χ0) is 20.9. The number of nitrogens with one attached hydrogen (secondary N) is 1. The lowest BCUT2D eigenvalue weighted by molar-refractivity contribution is -0.144. The number of benzene rings is 2. The number of ether oxygens (including phenoxy) is 2. The van der Waals surface area contributed by atoms with E-state index in [4.69, 9.17) is 9.47 Å². The zero-order valence-electron chi connectivity index (χ0n) is 17.2. The van der Waals surface area contributed by atoms with Crippen molar-refractivity contribution in [1.82, 2.24) is 10.2 Å². The van der Waals surface area contributed by atoms with Crippen molar-refractivity contribution >= 4 is 11.8 Å². The SMILES string of the molecule is CCN(Cc1ccccc1)C(=O)C1(C(=O)NCc2ccc(OC)c(OC)c2)CC1. The number of hydrogen-bond donors (Lipinski definition) is 1. The van der Waals surface area contributed by atoms with Crippen LogP contribution in [0.25, 0.3) is 0 Å². The molecule has 1 N–H and O–H groups in total. The van der Waals surface area contributed by atoms with E-state index < -0.39 is 5.41 Å². The van der Waals surface area contributed by atoms with E-state index in [1.165, 1.54) is 0 Å². The summed E-state index contributed by atoms with van der Waals surface area (Å²) in [6.45, 7) is 3.36. The third-order valence-corrected chi connectivity index (χ3v) is 5.38. The number of nitrogens with zero attached hydrogens (tertiary/aromatic N) is 1. The molecule has 6 heteroatoms. The molecule has 0 atom stereocenters. The molecule has 6 nitrogen and oxygen atoms in total. The first-order valence-corrected chi connectivity index (χ1v) is 9.86. The monoisotopic (exact) mass is 396 g/mol. The minimum Gasteiger partial charge on any atom is -0.493 e. The molecule has 1 aliphatic carbocycles. The van der Waals surface area contributed by atoms with Crippen molar-refractivity contribution in [2.45, 2.75) is 32.9 Å². The minimum atomic E-state index is -0.929. The van der Waals surface area contributed by atoms with Gasteiger partial charge in [0.15, 0.2) is 11.5 Å². The normalized spacial score (nSPS) is 14.0. The van der Waals surface area contributed by atoms with Gasteiger partial charge in [0, 0.05) is 19.6 Å². The van der Waals surface area contributed by atoms with Crippen LogP contribution in [0.2, 0.25) is 0 Å². The van der Waals surface area contributed by atoms with Crippen LogP contribution in [0, 0.1) is 5.41 Å². The first kappa shape index (κ1) is 20.7. The smallest absolute Gasteiger partial charge is 0.238 e. The van der Waals surface area contributed by atoms with E-state index in [1.54, 1.807) is 25.2 Å². The Labute approximate surface area is 171 Å². The van der Waals surface area contributed by atoms with E-state index in [2.05, 4.69) is 5.32 Å². The molecular formula is C23H28N2O4. The molecule has 3 rings (SSSR count). The maximum absolute atomic E-state index is 13.1. The van der Waals surface area contributed by atoms with Gasteiger partial charge < -0.3 is 19.7 Å². The van der Waals surface area contributed by atoms with Crippen molar-refractivity contribution in [3.8, 4) is 11.5 Å². The number of hydrogen-bond acceptors (Lipinski definition) is 4. The standard InChI is InChI=1S/C23H28N2O4/c1-4-25(16-17-8-6-5-7-9-17)22(27)23(12-13-23)21(26)24-15-18-10-11-19(28-2)20(14-18)29-3/h5-11,14H,4,12-13,15-16H2,1-3H3,(H,24,26). The molecule has 2 aromatic rings. The predicted octanol–water partition coefficient (Wildman–Crippen LogP) is 3.15. The molecule has 154 valence electrons. The lowest BCUT2D eigenvalue weighted by Crippen LogP contribution is -2.44. The van der Waals surface area contributed by atoms with Crippen LogP contribution in [0.5, 0.6) is 11.5 Å². The summed E-state index contributed by atoms with van der Waals surface area (Å²) < 4.78 is 10.5. The Kier molecular flexibility index (Phi) is 6.42. The molecule has 0 aromatic heterocycles. The summed E-state index contributed by atoms with van der Waals surface area (Å²) in [6.07, 6.45) is 1.18. The maximum Gasteiger partial charge on any atom is 0.238 e. The van der Waals surface area contributed by atoms with Gasteiger partial charge in [0.2, 0.25) is 11.8 Å². The second-order valence-corrected chi connectivity index (χ2v) is 7.26. The largest absolute Gasteiger partial charge is 0.493 e. The van der Waals surface area contributed by atoms with Crippen LogP contribution in [0.1, 0.15) is 30.9 Å². The van der Waals surface area contributed by atoms with Crippen molar-refractivity contribution in [2.75, 3.05) is 20.8 Å². The molecule has 1 fully saturated rings. The van der Waals surface area contributed by atoms with Gasteiger partial charge in [0.25, 0.3) is 0 Å². The van der Waals surface area contributed by atoms with Crippen molar-refractivity contribution in [3.05, 3.63) is 59.7 Å². The Balaban J connectivity index is 1.64. The summed E-state index contributed by atoms with van der Waals surface area (Å²) in [4.78, 5) is 27.8.